The molecule has 25 heavy (non-hydrogen) atoms. The molecule has 1 saturated heterocycles. The molecule has 0 radical (unpaired) electrons. The molecule has 2 aromatic rings. The van der Waals surface area contributed by atoms with E-state index in [4.69, 9.17) is 9.47 Å². The summed E-state index contributed by atoms with van der Waals surface area (Å²) in [6.07, 6.45) is 0.387. The molecule has 1 aliphatic heterocycles. The highest BCUT2D eigenvalue weighted by molar-refractivity contribution is 5.95. The van der Waals surface area contributed by atoms with Gasteiger partial charge in [0.25, 0.3) is 0 Å². The van der Waals surface area contributed by atoms with Crippen LogP contribution in [0.2, 0.25) is 0 Å². The van der Waals surface area contributed by atoms with Gasteiger partial charge in [0.05, 0.1) is 7.11 Å². The lowest BCUT2D eigenvalue weighted by Gasteiger charge is -2.13. The van der Waals surface area contributed by atoms with Gasteiger partial charge in [0.1, 0.15) is 12.6 Å². The number of aryl methyl sites for hydroxylation is 1. The first kappa shape index (κ1) is 16.8. The molecule has 1 aliphatic rings. The van der Waals surface area contributed by atoms with Crippen LogP contribution in [-0.2, 0) is 22.6 Å². The minimum absolute atomic E-state index is 0.436. The number of cyclic esters (lactones) is 2. The van der Waals surface area contributed by atoms with Gasteiger partial charge in [-0.2, -0.15) is 0 Å². The van der Waals surface area contributed by atoms with Crippen molar-refractivity contribution in [3.8, 4) is 11.5 Å². The monoisotopic (exact) mass is 341 g/mol. The van der Waals surface area contributed by atoms with E-state index in [1.54, 1.807) is 7.11 Å². The first-order chi connectivity index (χ1) is 12.2. The van der Waals surface area contributed by atoms with E-state index in [1.165, 1.54) is 0 Å². The number of hydrogen-bond acceptors (Lipinski definition) is 5. The van der Waals surface area contributed by atoms with E-state index >= 15 is 0 Å². The van der Waals surface area contributed by atoms with Crippen molar-refractivity contribution in [1.29, 1.82) is 0 Å². The van der Waals surface area contributed by atoms with Gasteiger partial charge in [-0.1, -0.05) is 36.4 Å². The molecule has 0 spiro atoms. The predicted octanol–water partition coefficient (Wildman–Crippen LogP) is 2.84. The van der Waals surface area contributed by atoms with Crippen LogP contribution >= 0.6 is 0 Å². The highest BCUT2D eigenvalue weighted by atomic mass is 16.6. The molecule has 1 N–H and O–H groups in total. The van der Waals surface area contributed by atoms with Gasteiger partial charge < -0.3 is 19.5 Å². The molecule has 1 atom stereocenters. The van der Waals surface area contributed by atoms with Crippen LogP contribution in [0, 0.1) is 0 Å². The lowest BCUT2D eigenvalue weighted by molar-refractivity contribution is -0.135. The molecule has 6 heteroatoms. The third-order valence-electron chi connectivity index (χ3n) is 3.96. The van der Waals surface area contributed by atoms with Gasteiger partial charge in [-0.25, -0.2) is 9.59 Å². The Morgan fingerprint density at radius 3 is 2.52 bits per heavy atom. The van der Waals surface area contributed by atoms with E-state index in [9.17, 15) is 9.59 Å². The van der Waals surface area contributed by atoms with E-state index in [2.05, 4.69) is 10.1 Å². The number of rotatable bonds is 7. The molecular weight excluding hydrogens is 322 g/mol. The SMILES string of the molecule is COc1ccc(CCC2NC(=O)OC2=O)cc1OCc1ccccc1. The van der Waals surface area contributed by atoms with E-state index in [0.717, 1.165) is 11.1 Å². The van der Waals surface area contributed by atoms with Crippen LogP contribution in [0.5, 0.6) is 11.5 Å². The zero-order valence-corrected chi connectivity index (χ0v) is 13.9. The van der Waals surface area contributed by atoms with Gasteiger partial charge in [-0.15, -0.1) is 0 Å². The van der Waals surface area contributed by atoms with Crippen molar-refractivity contribution in [2.75, 3.05) is 7.11 Å². The van der Waals surface area contributed by atoms with E-state index in [-0.39, 0.29) is 0 Å². The van der Waals surface area contributed by atoms with Gasteiger partial charge in [0.15, 0.2) is 11.5 Å². The zero-order valence-electron chi connectivity index (χ0n) is 13.9. The Morgan fingerprint density at radius 2 is 1.84 bits per heavy atom. The summed E-state index contributed by atoms with van der Waals surface area (Å²) in [6, 6.07) is 14.9. The first-order valence-corrected chi connectivity index (χ1v) is 8.01. The number of esters is 1. The molecular formula is C19H19NO5. The topological polar surface area (TPSA) is 73.9 Å². The molecule has 1 unspecified atom stereocenters. The van der Waals surface area contributed by atoms with Crippen molar-refractivity contribution in [3.05, 3.63) is 59.7 Å². The number of nitrogens with one attached hydrogen (secondary N) is 1. The number of carbonyl (C=O) groups is 2. The fourth-order valence-corrected chi connectivity index (χ4v) is 2.62. The molecule has 1 heterocycles. The van der Waals surface area contributed by atoms with Crippen LogP contribution in [0.1, 0.15) is 17.5 Å². The second-order valence-electron chi connectivity index (χ2n) is 5.70. The van der Waals surface area contributed by atoms with Crippen molar-refractivity contribution in [1.82, 2.24) is 5.32 Å². The first-order valence-electron chi connectivity index (χ1n) is 8.01. The summed E-state index contributed by atoms with van der Waals surface area (Å²) in [5.41, 5.74) is 2.05. The number of ether oxygens (including phenoxy) is 3. The third kappa shape index (κ3) is 4.29. The molecule has 0 saturated carbocycles. The van der Waals surface area contributed by atoms with Crippen molar-refractivity contribution in [2.24, 2.45) is 0 Å². The van der Waals surface area contributed by atoms with Gasteiger partial charge in [-0.05, 0) is 36.1 Å². The van der Waals surface area contributed by atoms with Crippen molar-refractivity contribution in [3.63, 3.8) is 0 Å². The average molecular weight is 341 g/mol. The predicted molar refractivity (Wildman–Crippen MR) is 90.5 cm³/mol. The number of hydrogen-bond donors (Lipinski definition) is 1. The number of benzene rings is 2. The van der Waals surface area contributed by atoms with Gasteiger partial charge in [-0.3, -0.25) is 0 Å². The van der Waals surface area contributed by atoms with Crippen LogP contribution in [0.25, 0.3) is 0 Å². The fraction of sp³-hybridized carbons (Fsp3) is 0.263. The molecule has 130 valence electrons. The van der Waals surface area contributed by atoms with Crippen LogP contribution in [-0.4, -0.2) is 25.2 Å². The second-order valence-corrected chi connectivity index (χ2v) is 5.70. The van der Waals surface area contributed by atoms with Crippen molar-refractivity contribution in [2.45, 2.75) is 25.5 Å². The highest BCUT2D eigenvalue weighted by Gasteiger charge is 2.31. The maximum Gasteiger partial charge on any atom is 0.415 e. The molecule has 0 bridgehead atoms. The van der Waals surface area contributed by atoms with E-state index in [1.807, 2.05) is 48.5 Å². The number of carbonyl (C=O) groups excluding carboxylic acids is 2. The lowest BCUT2D eigenvalue weighted by Crippen LogP contribution is -2.29. The maximum absolute atomic E-state index is 11.5. The standard InChI is InChI=1S/C19H19NO5/c1-23-16-10-8-13(7-9-15-18(21)25-19(22)20-15)11-17(16)24-12-14-5-3-2-4-6-14/h2-6,8,10-11,15H,7,9,12H2,1H3,(H,20,22). The summed E-state index contributed by atoms with van der Waals surface area (Å²) in [5.74, 6) is 0.759. The Labute approximate surface area is 145 Å². The van der Waals surface area contributed by atoms with E-state index < -0.39 is 18.1 Å². The Morgan fingerprint density at radius 1 is 1.04 bits per heavy atom. The summed E-state index contributed by atoms with van der Waals surface area (Å²) in [6.45, 7) is 0.436. The Balaban J connectivity index is 1.65. The van der Waals surface area contributed by atoms with Gasteiger partial charge in [0.2, 0.25) is 0 Å². The molecule has 2 aromatic carbocycles. The van der Waals surface area contributed by atoms with E-state index in [0.29, 0.717) is 30.9 Å². The van der Waals surface area contributed by atoms with Crippen molar-refractivity contribution >= 4 is 12.1 Å². The summed E-state index contributed by atoms with van der Waals surface area (Å²) >= 11 is 0. The average Bonchev–Trinajstić information content (AvgIpc) is 2.96. The van der Waals surface area contributed by atoms with Crippen LogP contribution < -0.4 is 14.8 Å². The normalized spacial score (nSPS) is 16.3. The molecule has 3 rings (SSSR count). The Hall–Kier alpha value is -3.02. The van der Waals surface area contributed by atoms with Gasteiger partial charge in [0, 0.05) is 0 Å². The summed E-state index contributed by atoms with van der Waals surface area (Å²) in [7, 11) is 1.59. The highest BCUT2D eigenvalue weighted by Crippen LogP contribution is 2.29. The number of methoxy groups -OCH3 is 1. The molecule has 6 nitrogen and oxygen atoms in total. The van der Waals surface area contributed by atoms with Gasteiger partial charge >= 0.3 is 12.1 Å². The smallest absolute Gasteiger partial charge is 0.415 e. The molecule has 1 fully saturated rings. The largest absolute Gasteiger partial charge is 0.493 e. The zero-order chi connectivity index (χ0) is 17.6. The summed E-state index contributed by atoms with van der Waals surface area (Å²) in [5, 5.41) is 2.49. The third-order valence-corrected chi connectivity index (χ3v) is 3.96. The summed E-state index contributed by atoms with van der Waals surface area (Å²) < 4.78 is 15.7. The lowest BCUT2D eigenvalue weighted by atomic mass is 10.0. The minimum Gasteiger partial charge on any atom is -0.493 e. The Kier molecular flexibility index (Phi) is 5.18. The molecule has 0 aromatic heterocycles. The van der Waals surface area contributed by atoms with Crippen molar-refractivity contribution < 1.29 is 23.8 Å². The van der Waals surface area contributed by atoms with Crippen LogP contribution in [0.3, 0.4) is 0 Å². The molecule has 0 aliphatic carbocycles. The Bertz CT molecular complexity index is 760. The number of alkyl carbamates (subject to hydrolysis) is 1. The van der Waals surface area contributed by atoms with Crippen LogP contribution in [0.15, 0.2) is 48.5 Å². The fourth-order valence-electron chi connectivity index (χ4n) is 2.62. The minimum atomic E-state index is -0.684. The second kappa shape index (κ2) is 7.70. The number of amides is 1. The molecule has 1 amide bonds. The maximum atomic E-state index is 11.5. The quantitative estimate of drug-likeness (QED) is 0.619. The summed E-state index contributed by atoms with van der Waals surface area (Å²) in [4.78, 5) is 22.5. The van der Waals surface area contributed by atoms with Crippen LogP contribution in [0.4, 0.5) is 4.79 Å².